The minimum Gasteiger partial charge on any atom is -0.469 e. The molecular weight excluding hydrogens is 234 g/mol. The van der Waals surface area contributed by atoms with Crippen LogP contribution in [0.1, 0.15) is 16.8 Å². The number of carbonyl (C=O) groups excluding carboxylic acids is 2. The molecule has 0 aliphatic heterocycles. The SMILES string of the molecule is COC(=O)CCN(C)c1ccccc1C(=O)OC. The number of carbonyl (C=O) groups is 2. The molecule has 0 radical (unpaired) electrons. The van der Waals surface area contributed by atoms with Crippen molar-refractivity contribution in [3.8, 4) is 0 Å². The minimum atomic E-state index is -0.393. The molecule has 0 N–H and O–H groups in total. The molecule has 0 atom stereocenters. The zero-order chi connectivity index (χ0) is 13.5. The number of hydrogen-bond donors (Lipinski definition) is 0. The lowest BCUT2D eigenvalue weighted by Crippen LogP contribution is -2.23. The van der Waals surface area contributed by atoms with Gasteiger partial charge in [-0.2, -0.15) is 0 Å². The topological polar surface area (TPSA) is 55.8 Å². The summed E-state index contributed by atoms with van der Waals surface area (Å²) >= 11 is 0. The smallest absolute Gasteiger partial charge is 0.339 e. The molecule has 1 rings (SSSR count). The number of hydrogen-bond acceptors (Lipinski definition) is 5. The van der Waals surface area contributed by atoms with Gasteiger partial charge in [-0.15, -0.1) is 0 Å². The third kappa shape index (κ3) is 3.48. The van der Waals surface area contributed by atoms with E-state index in [2.05, 4.69) is 4.74 Å². The lowest BCUT2D eigenvalue weighted by atomic mass is 10.1. The highest BCUT2D eigenvalue weighted by molar-refractivity contribution is 5.95. The molecule has 0 heterocycles. The first-order chi connectivity index (χ1) is 8.60. The van der Waals surface area contributed by atoms with Crippen molar-refractivity contribution in [2.75, 3.05) is 32.7 Å². The molecule has 1 aromatic carbocycles. The Morgan fingerprint density at radius 3 is 2.44 bits per heavy atom. The molecule has 5 nitrogen and oxygen atoms in total. The van der Waals surface area contributed by atoms with E-state index in [9.17, 15) is 9.59 Å². The summed E-state index contributed by atoms with van der Waals surface area (Å²) in [6.45, 7) is 0.473. The third-order valence-corrected chi connectivity index (χ3v) is 2.60. The van der Waals surface area contributed by atoms with Gasteiger partial charge in [-0.1, -0.05) is 12.1 Å². The van der Waals surface area contributed by atoms with Crippen LogP contribution in [0, 0.1) is 0 Å². The second-order valence-electron chi connectivity index (χ2n) is 3.76. The molecule has 0 spiro atoms. The van der Waals surface area contributed by atoms with Crippen LogP contribution in [-0.4, -0.2) is 39.8 Å². The van der Waals surface area contributed by atoms with E-state index in [1.54, 1.807) is 12.1 Å². The monoisotopic (exact) mass is 251 g/mol. The van der Waals surface area contributed by atoms with E-state index >= 15 is 0 Å². The Hall–Kier alpha value is -2.04. The van der Waals surface area contributed by atoms with Gasteiger partial charge in [0, 0.05) is 13.6 Å². The molecule has 0 saturated carbocycles. The molecule has 0 unspecified atom stereocenters. The Kier molecular flexibility index (Phi) is 5.17. The summed E-state index contributed by atoms with van der Waals surface area (Å²) < 4.78 is 9.29. The van der Waals surface area contributed by atoms with Crippen molar-refractivity contribution >= 4 is 17.6 Å². The maximum absolute atomic E-state index is 11.6. The lowest BCUT2D eigenvalue weighted by molar-refractivity contribution is -0.140. The van der Waals surface area contributed by atoms with E-state index in [0.717, 1.165) is 5.69 Å². The first-order valence-electron chi connectivity index (χ1n) is 5.55. The fraction of sp³-hybridized carbons (Fsp3) is 0.385. The van der Waals surface area contributed by atoms with Gasteiger partial charge in [-0.25, -0.2) is 4.79 Å². The van der Waals surface area contributed by atoms with E-state index < -0.39 is 5.97 Å². The summed E-state index contributed by atoms with van der Waals surface area (Å²) in [6, 6.07) is 7.10. The number of esters is 2. The molecule has 18 heavy (non-hydrogen) atoms. The molecule has 0 bridgehead atoms. The molecule has 0 saturated heterocycles. The molecule has 0 aromatic heterocycles. The zero-order valence-corrected chi connectivity index (χ0v) is 10.8. The van der Waals surface area contributed by atoms with E-state index in [-0.39, 0.29) is 12.4 Å². The highest BCUT2D eigenvalue weighted by atomic mass is 16.5. The fourth-order valence-electron chi connectivity index (χ4n) is 1.57. The van der Waals surface area contributed by atoms with Gasteiger partial charge < -0.3 is 14.4 Å². The van der Waals surface area contributed by atoms with Crippen LogP contribution in [0.5, 0.6) is 0 Å². The first-order valence-corrected chi connectivity index (χ1v) is 5.55. The van der Waals surface area contributed by atoms with Crippen molar-refractivity contribution in [3.63, 3.8) is 0 Å². The van der Waals surface area contributed by atoms with Crippen molar-refractivity contribution in [2.24, 2.45) is 0 Å². The number of rotatable bonds is 5. The van der Waals surface area contributed by atoms with Crippen LogP contribution in [0.2, 0.25) is 0 Å². The van der Waals surface area contributed by atoms with Crippen LogP contribution in [0.4, 0.5) is 5.69 Å². The molecular formula is C13H17NO4. The first kappa shape index (κ1) is 14.0. The Morgan fingerprint density at radius 1 is 1.17 bits per heavy atom. The van der Waals surface area contributed by atoms with Crippen molar-refractivity contribution in [2.45, 2.75) is 6.42 Å². The highest BCUT2D eigenvalue weighted by Crippen LogP contribution is 2.20. The molecule has 1 aromatic rings. The fourth-order valence-corrected chi connectivity index (χ4v) is 1.57. The summed E-state index contributed by atoms with van der Waals surface area (Å²) in [7, 11) is 4.50. The molecule has 5 heteroatoms. The van der Waals surface area contributed by atoms with Gasteiger partial charge in [0.2, 0.25) is 0 Å². The second-order valence-corrected chi connectivity index (χ2v) is 3.76. The van der Waals surface area contributed by atoms with Crippen LogP contribution in [0.15, 0.2) is 24.3 Å². The van der Waals surface area contributed by atoms with E-state index in [4.69, 9.17) is 4.74 Å². The third-order valence-electron chi connectivity index (χ3n) is 2.60. The Balaban J connectivity index is 2.81. The summed E-state index contributed by atoms with van der Waals surface area (Å²) in [5.74, 6) is -0.673. The van der Waals surface area contributed by atoms with Gasteiger partial charge in [0.15, 0.2) is 0 Å². The van der Waals surface area contributed by atoms with Crippen molar-refractivity contribution in [1.29, 1.82) is 0 Å². The van der Waals surface area contributed by atoms with Gasteiger partial charge in [-0.3, -0.25) is 4.79 Å². The number of anilines is 1. The average molecular weight is 251 g/mol. The molecule has 0 aliphatic rings. The number of benzene rings is 1. The minimum absolute atomic E-state index is 0.266. The standard InChI is InChI=1S/C13H17NO4/c1-14(9-8-12(15)17-2)11-7-5-4-6-10(11)13(16)18-3/h4-7H,8-9H2,1-3H3. The van der Waals surface area contributed by atoms with Crippen molar-refractivity contribution in [3.05, 3.63) is 29.8 Å². The predicted molar refractivity (Wildman–Crippen MR) is 67.7 cm³/mol. The highest BCUT2D eigenvalue weighted by Gasteiger charge is 2.14. The molecule has 0 amide bonds. The van der Waals surface area contributed by atoms with Crippen LogP contribution in [0.3, 0.4) is 0 Å². The summed E-state index contributed by atoms with van der Waals surface area (Å²) in [6.07, 6.45) is 0.266. The largest absolute Gasteiger partial charge is 0.469 e. The number of nitrogens with zero attached hydrogens (tertiary/aromatic N) is 1. The Labute approximate surface area is 106 Å². The quantitative estimate of drug-likeness (QED) is 0.742. The van der Waals surface area contributed by atoms with Crippen molar-refractivity contribution < 1.29 is 19.1 Å². The van der Waals surface area contributed by atoms with Gasteiger partial charge in [0.25, 0.3) is 0 Å². The summed E-state index contributed by atoms with van der Waals surface area (Å²) in [5.41, 5.74) is 1.21. The summed E-state index contributed by atoms with van der Waals surface area (Å²) in [4.78, 5) is 24.5. The maximum atomic E-state index is 11.6. The number of methoxy groups -OCH3 is 2. The normalized spacial score (nSPS) is 9.72. The average Bonchev–Trinajstić information content (AvgIpc) is 2.43. The summed E-state index contributed by atoms with van der Waals surface area (Å²) in [5, 5.41) is 0. The number of ether oxygens (including phenoxy) is 2. The van der Waals surface area contributed by atoms with Crippen LogP contribution in [0.25, 0.3) is 0 Å². The predicted octanol–water partition coefficient (Wildman–Crippen LogP) is 1.47. The number of para-hydroxylation sites is 1. The van der Waals surface area contributed by atoms with Gasteiger partial charge in [0.1, 0.15) is 0 Å². The van der Waals surface area contributed by atoms with Gasteiger partial charge >= 0.3 is 11.9 Å². The lowest BCUT2D eigenvalue weighted by Gasteiger charge is -2.20. The van der Waals surface area contributed by atoms with E-state index in [1.165, 1.54) is 14.2 Å². The van der Waals surface area contributed by atoms with E-state index in [1.807, 2.05) is 24.1 Å². The Bertz CT molecular complexity index is 431. The van der Waals surface area contributed by atoms with E-state index in [0.29, 0.717) is 12.1 Å². The molecule has 98 valence electrons. The second kappa shape index (κ2) is 6.64. The Morgan fingerprint density at radius 2 is 1.83 bits per heavy atom. The molecule has 0 fully saturated rings. The van der Waals surface area contributed by atoms with Gasteiger partial charge in [-0.05, 0) is 12.1 Å². The zero-order valence-electron chi connectivity index (χ0n) is 10.8. The van der Waals surface area contributed by atoms with Crippen molar-refractivity contribution in [1.82, 2.24) is 0 Å². The molecule has 0 aliphatic carbocycles. The van der Waals surface area contributed by atoms with Gasteiger partial charge in [0.05, 0.1) is 31.9 Å². The maximum Gasteiger partial charge on any atom is 0.339 e. The van der Waals surface area contributed by atoms with Crippen LogP contribution in [-0.2, 0) is 14.3 Å². The van der Waals surface area contributed by atoms with Crippen LogP contribution < -0.4 is 4.90 Å². The van der Waals surface area contributed by atoms with Crippen LogP contribution >= 0.6 is 0 Å².